The van der Waals surface area contributed by atoms with Crippen LogP contribution in [0.1, 0.15) is 19.4 Å². The monoisotopic (exact) mass is 324 g/mol. The summed E-state index contributed by atoms with van der Waals surface area (Å²) in [6, 6.07) is 8.33. The van der Waals surface area contributed by atoms with Gasteiger partial charge in [-0.1, -0.05) is 30.3 Å². The summed E-state index contributed by atoms with van der Waals surface area (Å²) in [6.07, 6.45) is -1.33. The lowest BCUT2D eigenvalue weighted by molar-refractivity contribution is -0.485. The Kier molecular flexibility index (Phi) is 5.51. The lowest BCUT2D eigenvalue weighted by atomic mass is 10.2. The van der Waals surface area contributed by atoms with Crippen LogP contribution < -0.4 is 5.32 Å². The van der Waals surface area contributed by atoms with E-state index in [1.54, 1.807) is 13.8 Å². The van der Waals surface area contributed by atoms with Gasteiger partial charge in [0.05, 0.1) is 6.61 Å². The molecule has 1 aliphatic heterocycles. The van der Waals surface area contributed by atoms with E-state index in [-0.39, 0.29) is 13.2 Å². The number of hydrogen-bond acceptors (Lipinski definition) is 6. The van der Waals surface area contributed by atoms with E-state index in [1.807, 2.05) is 30.3 Å². The maximum Gasteiger partial charge on any atom is 0.408 e. The summed E-state index contributed by atoms with van der Waals surface area (Å²) >= 11 is 0. The van der Waals surface area contributed by atoms with Gasteiger partial charge in [-0.25, -0.2) is 4.79 Å². The molecule has 1 N–H and O–H groups in total. The summed E-state index contributed by atoms with van der Waals surface area (Å²) in [5.41, 5.74) is 0.829. The van der Waals surface area contributed by atoms with Gasteiger partial charge >= 0.3 is 6.09 Å². The number of hydrogen-bond donors (Lipinski definition) is 1. The highest BCUT2D eigenvalue weighted by Crippen LogP contribution is 2.24. The summed E-state index contributed by atoms with van der Waals surface area (Å²) in [5, 5.41) is 13.3. The zero-order chi connectivity index (χ0) is 16.9. The average Bonchev–Trinajstić information content (AvgIpc) is 2.85. The van der Waals surface area contributed by atoms with Crippen LogP contribution in [0.5, 0.6) is 0 Å². The van der Waals surface area contributed by atoms with Crippen molar-refractivity contribution in [1.29, 1.82) is 0 Å². The molecule has 8 nitrogen and oxygen atoms in total. The molecule has 126 valence electrons. The lowest BCUT2D eigenvalue weighted by Crippen LogP contribution is -2.49. The Morgan fingerprint density at radius 1 is 1.48 bits per heavy atom. The molecule has 1 aromatic rings. The van der Waals surface area contributed by atoms with Gasteiger partial charge in [0.1, 0.15) is 18.8 Å². The molecule has 0 saturated carbocycles. The highest BCUT2D eigenvalue weighted by molar-refractivity contribution is 5.67. The van der Waals surface area contributed by atoms with Crippen molar-refractivity contribution >= 4 is 6.09 Å². The molecule has 0 unspecified atom stereocenters. The molecule has 23 heavy (non-hydrogen) atoms. The van der Waals surface area contributed by atoms with Crippen molar-refractivity contribution in [2.45, 2.75) is 38.4 Å². The first kappa shape index (κ1) is 17.2. The molecule has 2 atom stereocenters. The number of amides is 1. The smallest absolute Gasteiger partial charge is 0.408 e. The SMILES string of the molecule is CC1(C)OC[C@H]([C@H](C[N+](=O)[O-])NC(=O)OCc2ccccc2)O1. The number of nitrogens with zero attached hydrogens (tertiary/aromatic N) is 1. The minimum atomic E-state index is -0.824. The molecule has 0 bridgehead atoms. The second-order valence-corrected chi connectivity index (χ2v) is 5.70. The molecule has 0 aliphatic carbocycles. The van der Waals surface area contributed by atoms with Crippen molar-refractivity contribution in [2.24, 2.45) is 0 Å². The van der Waals surface area contributed by atoms with E-state index in [0.29, 0.717) is 0 Å². The van der Waals surface area contributed by atoms with Crippen LogP contribution in [0, 0.1) is 10.1 Å². The normalized spacial score (nSPS) is 20.7. The third kappa shape index (κ3) is 5.50. The molecule has 0 aromatic heterocycles. The van der Waals surface area contributed by atoms with Gasteiger partial charge in [0, 0.05) is 4.92 Å². The zero-order valence-electron chi connectivity index (χ0n) is 13.1. The molecule has 1 aliphatic rings. The summed E-state index contributed by atoms with van der Waals surface area (Å²) in [7, 11) is 0. The van der Waals surface area contributed by atoms with Crippen molar-refractivity contribution in [2.75, 3.05) is 13.2 Å². The van der Waals surface area contributed by atoms with Gasteiger partial charge in [0.15, 0.2) is 5.79 Å². The molecule has 1 fully saturated rings. The third-order valence-electron chi connectivity index (χ3n) is 3.34. The minimum Gasteiger partial charge on any atom is -0.445 e. The number of benzene rings is 1. The van der Waals surface area contributed by atoms with Crippen LogP contribution in [-0.4, -0.2) is 42.1 Å². The fourth-order valence-corrected chi connectivity index (χ4v) is 2.25. The molecule has 0 spiro atoms. The highest BCUT2D eigenvalue weighted by Gasteiger charge is 2.40. The quantitative estimate of drug-likeness (QED) is 0.631. The summed E-state index contributed by atoms with van der Waals surface area (Å²) < 4.78 is 16.1. The average molecular weight is 324 g/mol. The molecule has 1 heterocycles. The highest BCUT2D eigenvalue weighted by atomic mass is 16.7. The van der Waals surface area contributed by atoms with Crippen LogP contribution in [0.2, 0.25) is 0 Å². The van der Waals surface area contributed by atoms with E-state index in [0.717, 1.165) is 5.56 Å². The number of alkyl carbamates (subject to hydrolysis) is 1. The number of ether oxygens (including phenoxy) is 3. The predicted octanol–water partition coefficient (Wildman–Crippen LogP) is 1.71. The van der Waals surface area contributed by atoms with Crippen molar-refractivity contribution in [3.63, 3.8) is 0 Å². The predicted molar refractivity (Wildman–Crippen MR) is 80.3 cm³/mol. The van der Waals surface area contributed by atoms with E-state index in [9.17, 15) is 14.9 Å². The Balaban J connectivity index is 1.89. The topological polar surface area (TPSA) is 99.9 Å². The molecule has 2 rings (SSSR count). The Bertz CT molecular complexity index is 548. The second-order valence-electron chi connectivity index (χ2n) is 5.70. The van der Waals surface area contributed by atoms with Gasteiger partial charge < -0.3 is 19.5 Å². The Hall–Kier alpha value is -2.19. The zero-order valence-corrected chi connectivity index (χ0v) is 13.1. The van der Waals surface area contributed by atoms with Crippen LogP contribution in [-0.2, 0) is 20.8 Å². The molecule has 0 radical (unpaired) electrons. The van der Waals surface area contributed by atoms with E-state index < -0.39 is 35.5 Å². The van der Waals surface area contributed by atoms with Gasteiger partial charge in [0.25, 0.3) is 0 Å². The summed E-state index contributed by atoms with van der Waals surface area (Å²) in [4.78, 5) is 22.2. The molecule has 1 aromatic carbocycles. The molecule has 1 amide bonds. The van der Waals surface area contributed by atoms with Gasteiger partial charge in [-0.2, -0.15) is 0 Å². The number of rotatable bonds is 6. The standard InChI is InChI=1S/C15H20N2O6/c1-15(2)22-10-13(23-15)12(8-17(19)20)16-14(18)21-9-11-6-4-3-5-7-11/h3-7,12-13H,8-10H2,1-2H3,(H,16,18)/t12-,13+/m0/s1. The van der Waals surface area contributed by atoms with E-state index >= 15 is 0 Å². The first-order valence-corrected chi connectivity index (χ1v) is 7.26. The molecular weight excluding hydrogens is 304 g/mol. The van der Waals surface area contributed by atoms with Crippen LogP contribution in [0.4, 0.5) is 4.79 Å². The largest absolute Gasteiger partial charge is 0.445 e. The van der Waals surface area contributed by atoms with Gasteiger partial charge in [-0.15, -0.1) is 0 Å². The van der Waals surface area contributed by atoms with E-state index in [4.69, 9.17) is 14.2 Å². The Labute approximate surface area is 133 Å². The van der Waals surface area contributed by atoms with Crippen LogP contribution in [0.25, 0.3) is 0 Å². The fourth-order valence-electron chi connectivity index (χ4n) is 2.25. The van der Waals surface area contributed by atoms with Gasteiger partial charge in [0.2, 0.25) is 6.54 Å². The first-order valence-electron chi connectivity index (χ1n) is 7.26. The van der Waals surface area contributed by atoms with Gasteiger partial charge in [-0.3, -0.25) is 10.1 Å². The van der Waals surface area contributed by atoms with Crippen LogP contribution >= 0.6 is 0 Å². The third-order valence-corrected chi connectivity index (χ3v) is 3.34. The lowest BCUT2D eigenvalue weighted by Gasteiger charge is -2.22. The van der Waals surface area contributed by atoms with E-state index in [1.165, 1.54) is 0 Å². The van der Waals surface area contributed by atoms with E-state index in [2.05, 4.69) is 5.32 Å². The second kappa shape index (κ2) is 7.38. The molecule has 8 heteroatoms. The summed E-state index contributed by atoms with van der Waals surface area (Å²) in [6.45, 7) is 3.22. The Morgan fingerprint density at radius 3 is 2.74 bits per heavy atom. The van der Waals surface area contributed by atoms with Crippen LogP contribution in [0.3, 0.4) is 0 Å². The molecular formula is C15H20N2O6. The van der Waals surface area contributed by atoms with Crippen molar-refractivity contribution in [1.82, 2.24) is 5.32 Å². The number of carbonyl (C=O) groups is 1. The van der Waals surface area contributed by atoms with Crippen molar-refractivity contribution < 1.29 is 23.9 Å². The van der Waals surface area contributed by atoms with Crippen molar-refractivity contribution in [3.05, 3.63) is 46.0 Å². The minimum absolute atomic E-state index is 0.0887. The number of nitrogens with one attached hydrogen (secondary N) is 1. The maximum absolute atomic E-state index is 11.9. The number of carbonyl (C=O) groups excluding carboxylic acids is 1. The number of nitro groups is 1. The molecule has 1 saturated heterocycles. The van der Waals surface area contributed by atoms with Crippen LogP contribution in [0.15, 0.2) is 30.3 Å². The first-order chi connectivity index (χ1) is 10.9. The summed E-state index contributed by atoms with van der Waals surface area (Å²) in [5.74, 6) is -0.824. The maximum atomic E-state index is 11.9. The van der Waals surface area contributed by atoms with Crippen molar-refractivity contribution in [3.8, 4) is 0 Å². The Morgan fingerprint density at radius 2 is 2.17 bits per heavy atom. The van der Waals surface area contributed by atoms with Gasteiger partial charge in [-0.05, 0) is 19.4 Å². The fraction of sp³-hybridized carbons (Fsp3) is 0.533.